The average Bonchev–Trinajstić information content (AvgIpc) is 3.22. The molecule has 0 saturated heterocycles. The summed E-state index contributed by atoms with van der Waals surface area (Å²) in [4.78, 5) is 25.2. The van der Waals surface area contributed by atoms with Gasteiger partial charge in [-0.2, -0.15) is 0 Å². The molecule has 28 heavy (non-hydrogen) atoms. The van der Waals surface area contributed by atoms with Gasteiger partial charge in [0.15, 0.2) is 0 Å². The number of thiophene rings is 1. The minimum atomic E-state index is -0.247. The highest BCUT2D eigenvalue weighted by molar-refractivity contribution is 7.19. The van der Waals surface area contributed by atoms with Crippen LogP contribution < -0.4 is 10.5 Å². The molecule has 0 aromatic carbocycles. The first-order valence-electron chi connectivity index (χ1n) is 10.3. The Hall–Kier alpha value is -1.73. The Morgan fingerprint density at radius 1 is 1.32 bits per heavy atom. The largest absolute Gasteiger partial charge is 0.474 e. The molecule has 2 aromatic heterocycles. The van der Waals surface area contributed by atoms with Gasteiger partial charge in [-0.1, -0.05) is 6.92 Å². The molecule has 0 bridgehead atoms. The number of nitrogens with two attached hydrogens (primary N) is 1. The third kappa shape index (κ3) is 3.39. The molecule has 7 heteroatoms. The number of aryl methyl sites for hydroxylation is 1. The molecule has 1 atom stereocenters. The molecule has 4 rings (SSSR count). The Kier molecular flexibility index (Phi) is 5.31. The lowest BCUT2D eigenvalue weighted by Gasteiger charge is -2.44. The Morgan fingerprint density at radius 3 is 2.71 bits per heavy atom. The monoisotopic (exact) mass is 402 g/mol. The Balaban J connectivity index is 1.58. The zero-order valence-corrected chi connectivity index (χ0v) is 17.8. The van der Waals surface area contributed by atoms with Gasteiger partial charge in [0.25, 0.3) is 0 Å². The van der Waals surface area contributed by atoms with Crippen LogP contribution in [0.25, 0.3) is 10.2 Å². The third-order valence-corrected chi connectivity index (χ3v) is 8.06. The van der Waals surface area contributed by atoms with Crippen molar-refractivity contribution in [2.75, 3.05) is 14.1 Å². The first-order valence-corrected chi connectivity index (χ1v) is 11.1. The molecule has 152 valence electrons. The molecule has 1 amide bonds. The van der Waals surface area contributed by atoms with Gasteiger partial charge in [-0.3, -0.25) is 4.79 Å². The van der Waals surface area contributed by atoms with Crippen LogP contribution in [0.4, 0.5) is 0 Å². The van der Waals surface area contributed by atoms with Gasteiger partial charge in [0.05, 0.1) is 5.39 Å². The van der Waals surface area contributed by atoms with E-state index in [9.17, 15) is 4.79 Å². The van der Waals surface area contributed by atoms with Crippen molar-refractivity contribution in [3.8, 4) is 5.88 Å². The number of amides is 1. The van der Waals surface area contributed by atoms with Gasteiger partial charge in [0.2, 0.25) is 11.8 Å². The summed E-state index contributed by atoms with van der Waals surface area (Å²) in [5, 5.41) is 1.02. The zero-order valence-electron chi connectivity index (χ0n) is 17.0. The van der Waals surface area contributed by atoms with Gasteiger partial charge >= 0.3 is 0 Å². The van der Waals surface area contributed by atoms with E-state index in [1.807, 2.05) is 0 Å². The molecule has 0 radical (unpaired) electrons. The fourth-order valence-corrected chi connectivity index (χ4v) is 6.33. The summed E-state index contributed by atoms with van der Waals surface area (Å²) in [6.07, 6.45) is 9.65. The Morgan fingerprint density at radius 2 is 2.07 bits per heavy atom. The molecule has 2 aromatic rings. The van der Waals surface area contributed by atoms with Crippen molar-refractivity contribution in [2.45, 2.75) is 75.9 Å². The fraction of sp³-hybridized carbons (Fsp3) is 0.667. The van der Waals surface area contributed by atoms with E-state index in [1.165, 1.54) is 10.4 Å². The molecule has 1 fully saturated rings. The van der Waals surface area contributed by atoms with Crippen molar-refractivity contribution in [3.05, 3.63) is 16.8 Å². The van der Waals surface area contributed by atoms with Crippen LogP contribution in [0.3, 0.4) is 0 Å². The second-order valence-corrected chi connectivity index (χ2v) is 9.58. The van der Waals surface area contributed by atoms with Crippen LogP contribution >= 0.6 is 11.3 Å². The topological polar surface area (TPSA) is 81.3 Å². The van der Waals surface area contributed by atoms with Crippen molar-refractivity contribution >= 4 is 27.5 Å². The van der Waals surface area contributed by atoms with Crippen LogP contribution in [0.5, 0.6) is 5.88 Å². The highest BCUT2D eigenvalue weighted by Crippen LogP contribution is 2.47. The molecule has 1 saturated carbocycles. The highest BCUT2D eigenvalue weighted by Gasteiger charge is 2.37. The van der Waals surface area contributed by atoms with Crippen LogP contribution in [0.15, 0.2) is 6.33 Å². The van der Waals surface area contributed by atoms with Crippen LogP contribution in [0, 0.1) is 0 Å². The van der Waals surface area contributed by atoms with E-state index >= 15 is 0 Å². The van der Waals surface area contributed by atoms with Crippen molar-refractivity contribution < 1.29 is 9.53 Å². The van der Waals surface area contributed by atoms with Crippen molar-refractivity contribution in [3.63, 3.8) is 0 Å². The number of primary amides is 1. The Bertz CT molecular complexity index is 871. The number of carbonyl (C=O) groups excluding carboxylic acids is 1. The Labute approximate surface area is 170 Å². The number of ether oxygens (including phenoxy) is 1. The van der Waals surface area contributed by atoms with Crippen LogP contribution in [-0.4, -0.2) is 46.5 Å². The van der Waals surface area contributed by atoms with Gasteiger partial charge in [0.1, 0.15) is 17.3 Å². The van der Waals surface area contributed by atoms with E-state index in [4.69, 9.17) is 10.5 Å². The maximum absolute atomic E-state index is 11.5. The molecule has 0 spiro atoms. The van der Waals surface area contributed by atoms with Gasteiger partial charge < -0.3 is 15.4 Å². The lowest BCUT2D eigenvalue weighted by Crippen LogP contribution is -2.48. The van der Waals surface area contributed by atoms with E-state index in [0.29, 0.717) is 12.3 Å². The normalized spacial score (nSPS) is 27.3. The second-order valence-electron chi connectivity index (χ2n) is 8.49. The minimum absolute atomic E-state index is 0.169. The highest BCUT2D eigenvalue weighted by atomic mass is 32.1. The van der Waals surface area contributed by atoms with Crippen LogP contribution in [0.2, 0.25) is 0 Å². The maximum Gasteiger partial charge on any atom is 0.225 e. The van der Waals surface area contributed by atoms with Crippen molar-refractivity contribution in [1.82, 2.24) is 14.9 Å². The van der Waals surface area contributed by atoms with E-state index in [2.05, 4.69) is 35.9 Å². The summed E-state index contributed by atoms with van der Waals surface area (Å²) < 4.78 is 6.44. The summed E-state index contributed by atoms with van der Waals surface area (Å²) in [7, 11) is 4.37. The maximum atomic E-state index is 11.5. The third-order valence-electron chi connectivity index (χ3n) is 6.89. The first kappa shape index (κ1) is 19.6. The minimum Gasteiger partial charge on any atom is -0.474 e. The summed E-state index contributed by atoms with van der Waals surface area (Å²) in [5.74, 6) is 0.614. The van der Waals surface area contributed by atoms with E-state index in [-0.39, 0.29) is 23.5 Å². The molecule has 2 aliphatic carbocycles. The molecule has 2 heterocycles. The van der Waals surface area contributed by atoms with Gasteiger partial charge in [-0.25, -0.2) is 9.97 Å². The fourth-order valence-electron chi connectivity index (χ4n) is 5.10. The molecule has 2 N–H and O–H groups in total. The summed E-state index contributed by atoms with van der Waals surface area (Å²) in [6, 6.07) is 0. The number of nitrogens with zero attached hydrogens (tertiary/aromatic N) is 3. The molecular weight excluding hydrogens is 372 g/mol. The van der Waals surface area contributed by atoms with Gasteiger partial charge in [-0.05, 0) is 70.5 Å². The number of hydrogen-bond acceptors (Lipinski definition) is 6. The van der Waals surface area contributed by atoms with E-state index < -0.39 is 0 Å². The lowest BCUT2D eigenvalue weighted by atomic mass is 9.77. The summed E-state index contributed by atoms with van der Waals surface area (Å²) >= 11 is 1.71. The van der Waals surface area contributed by atoms with Crippen LogP contribution in [-0.2, 0) is 11.2 Å². The van der Waals surface area contributed by atoms with Gasteiger partial charge in [-0.15, -0.1) is 11.3 Å². The summed E-state index contributed by atoms with van der Waals surface area (Å²) in [6.45, 7) is 2.28. The number of rotatable bonds is 6. The predicted molar refractivity (Wildman–Crippen MR) is 112 cm³/mol. The van der Waals surface area contributed by atoms with Crippen molar-refractivity contribution in [2.24, 2.45) is 5.73 Å². The van der Waals surface area contributed by atoms with Crippen LogP contribution in [0.1, 0.15) is 68.2 Å². The second kappa shape index (κ2) is 7.59. The zero-order chi connectivity index (χ0) is 19.9. The predicted octanol–water partition coefficient (Wildman–Crippen LogP) is 3.63. The van der Waals surface area contributed by atoms with Crippen molar-refractivity contribution in [1.29, 1.82) is 0 Å². The number of fused-ring (bicyclic) bond motifs is 3. The molecule has 6 nitrogen and oxygen atoms in total. The molecule has 0 unspecified atom stereocenters. The standard InChI is InChI=1S/C21H30N4O2S/c1-4-21(25(2)3)9-7-14(8-10-21)27-19-18-17-13(11-16(22)26)5-6-15(17)28-20(18)24-12-23-19/h12-14H,4-11H2,1-3H3,(H2,22,26)/t13-,14?,21?/m1/s1. The number of hydrogen-bond donors (Lipinski definition) is 1. The first-order chi connectivity index (χ1) is 13.4. The molecule has 0 aliphatic heterocycles. The van der Waals surface area contributed by atoms with E-state index in [1.54, 1.807) is 17.7 Å². The smallest absolute Gasteiger partial charge is 0.225 e. The number of aromatic nitrogens is 2. The average molecular weight is 403 g/mol. The lowest BCUT2D eigenvalue weighted by molar-refractivity contribution is -0.118. The quantitative estimate of drug-likeness (QED) is 0.798. The SMILES string of the molecule is CCC1(N(C)C)CCC(Oc2ncnc3sc4c(c23)[C@@H](CC(N)=O)CC4)CC1. The van der Waals surface area contributed by atoms with E-state index in [0.717, 1.165) is 55.2 Å². The number of carbonyl (C=O) groups is 1. The summed E-state index contributed by atoms with van der Waals surface area (Å²) in [5.41, 5.74) is 6.99. The molecule has 2 aliphatic rings. The van der Waals surface area contributed by atoms with Gasteiger partial charge in [0, 0.05) is 16.8 Å². The molecular formula is C21H30N4O2S.